The fourth-order valence-corrected chi connectivity index (χ4v) is 4.76. The second-order valence-corrected chi connectivity index (χ2v) is 8.16. The minimum atomic E-state index is 0.314. The molecule has 2 aromatic rings. The number of anilines is 1. The fraction of sp³-hybridized carbons (Fsp3) is 0.529. The van der Waals surface area contributed by atoms with Gasteiger partial charge in [-0.3, -0.25) is 4.79 Å². The number of carbonyl (C=O) groups is 1. The van der Waals surface area contributed by atoms with Crippen LogP contribution in [0.2, 0.25) is 0 Å². The molecule has 0 bridgehead atoms. The number of piperazine rings is 1. The molecule has 1 aromatic carbocycles. The van der Waals surface area contributed by atoms with Crippen molar-refractivity contribution in [1.29, 1.82) is 0 Å². The van der Waals surface area contributed by atoms with Crippen LogP contribution in [0, 0.1) is 5.92 Å². The minimum Gasteiger partial charge on any atom is -0.345 e. The highest BCUT2D eigenvalue weighted by molar-refractivity contribution is 7.98. The standard InChI is InChI=1S/C17H21N3OS2/c1-22-13-5-6-14-15(11-13)23-17(18-14)20-9-7-19(8-10-20)16(21)12-3-2-4-12/h5-6,11-12H,2-4,7-10H2,1H3. The van der Waals surface area contributed by atoms with Crippen LogP contribution in [0.4, 0.5) is 5.13 Å². The van der Waals surface area contributed by atoms with Gasteiger partial charge in [0.15, 0.2) is 5.13 Å². The molecule has 0 radical (unpaired) electrons. The first-order chi connectivity index (χ1) is 11.2. The third-order valence-corrected chi connectivity index (χ3v) is 6.70. The Kier molecular flexibility index (Phi) is 4.20. The second kappa shape index (κ2) is 6.32. The highest BCUT2D eigenvalue weighted by Gasteiger charge is 2.31. The predicted octanol–water partition coefficient (Wildman–Crippen LogP) is 3.47. The van der Waals surface area contributed by atoms with Crippen LogP contribution < -0.4 is 4.90 Å². The van der Waals surface area contributed by atoms with Gasteiger partial charge < -0.3 is 9.80 Å². The Balaban J connectivity index is 1.44. The van der Waals surface area contributed by atoms with Crippen LogP contribution in [0.15, 0.2) is 23.1 Å². The van der Waals surface area contributed by atoms with E-state index < -0.39 is 0 Å². The summed E-state index contributed by atoms with van der Waals surface area (Å²) in [6.45, 7) is 3.46. The van der Waals surface area contributed by atoms with E-state index in [1.807, 2.05) is 0 Å². The van der Waals surface area contributed by atoms with E-state index in [-0.39, 0.29) is 0 Å². The van der Waals surface area contributed by atoms with Crippen molar-refractivity contribution in [1.82, 2.24) is 9.88 Å². The summed E-state index contributed by atoms with van der Waals surface area (Å²) < 4.78 is 1.25. The Morgan fingerprint density at radius 1 is 1.26 bits per heavy atom. The number of fused-ring (bicyclic) bond motifs is 1. The van der Waals surface area contributed by atoms with Crippen molar-refractivity contribution in [2.24, 2.45) is 5.92 Å². The lowest BCUT2D eigenvalue weighted by Crippen LogP contribution is -2.51. The largest absolute Gasteiger partial charge is 0.345 e. The van der Waals surface area contributed by atoms with Crippen LogP contribution in [-0.4, -0.2) is 48.2 Å². The number of rotatable bonds is 3. The quantitative estimate of drug-likeness (QED) is 0.797. The number of benzene rings is 1. The van der Waals surface area contributed by atoms with Crippen molar-refractivity contribution in [2.45, 2.75) is 24.2 Å². The SMILES string of the molecule is CSc1ccc2nc(N3CCN(C(=O)C4CCC4)CC3)sc2c1. The molecule has 1 aliphatic heterocycles. The molecule has 2 fully saturated rings. The van der Waals surface area contributed by atoms with E-state index in [1.165, 1.54) is 16.0 Å². The summed E-state index contributed by atoms with van der Waals surface area (Å²) in [7, 11) is 0. The van der Waals surface area contributed by atoms with Crippen LogP contribution in [-0.2, 0) is 4.79 Å². The molecule has 1 saturated heterocycles. The molecule has 1 aliphatic carbocycles. The Labute approximate surface area is 144 Å². The summed E-state index contributed by atoms with van der Waals surface area (Å²) in [5.41, 5.74) is 1.08. The Bertz CT molecular complexity index is 718. The molecule has 23 heavy (non-hydrogen) atoms. The molecular weight excluding hydrogens is 326 g/mol. The molecule has 0 atom stereocenters. The molecule has 2 aliphatic rings. The van der Waals surface area contributed by atoms with Gasteiger partial charge in [-0.2, -0.15) is 0 Å². The van der Waals surface area contributed by atoms with Gasteiger partial charge in [-0.15, -0.1) is 11.8 Å². The predicted molar refractivity (Wildman–Crippen MR) is 97.5 cm³/mol. The molecule has 0 N–H and O–H groups in total. The van der Waals surface area contributed by atoms with Gasteiger partial charge in [0.25, 0.3) is 0 Å². The van der Waals surface area contributed by atoms with Crippen LogP contribution in [0.3, 0.4) is 0 Å². The first-order valence-electron chi connectivity index (χ1n) is 8.23. The van der Waals surface area contributed by atoms with Crippen LogP contribution in [0.1, 0.15) is 19.3 Å². The minimum absolute atomic E-state index is 0.314. The van der Waals surface area contributed by atoms with Gasteiger partial charge in [0, 0.05) is 37.0 Å². The van der Waals surface area contributed by atoms with E-state index in [1.54, 1.807) is 23.1 Å². The zero-order chi connectivity index (χ0) is 15.8. The average Bonchev–Trinajstić information content (AvgIpc) is 2.96. The maximum atomic E-state index is 12.3. The molecule has 0 unspecified atom stereocenters. The summed E-state index contributed by atoms with van der Waals surface area (Å²) >= 11 is 3.53. The van der Waals surface area contributed by atoms with E-state index >= 15 is 0 Å². The number of hydrogen-bond acceptors (Lipinski definition) is 5. The van der Waals surface area contributed by atoms with Gasteiger partial charge in [0.2, 0.25) is 5.91 Å². The van der Waals surface area contributed by atoms with Crippen molar-refractivity contribution in [3.05, 3.63) is 18.2 Å². The lowest BCUT2D eigenvalue weighted by atomic mass is 9.84. The first kappa shape index (κ1) is 15.3. The first-order valence-corrected chi connectivity index (χ1v) is 10.3. The summed E-state index contributed by atoms with van der Waals surface area (Å²) in [6, 6.07) is 6.46. The van der Waals surface area contributed by atoms with Gasteiger partial charge in [-0.05, 0) is 37.3 Å². The number of thiazole rings is 1. The third-order valence-electron chi connectivity index (χ3n) is 4.90. The number of hydrogen-bond donors (Lipinski definition) is 0. The zero-order valence-corrected chi connectivity index (χ0v) is 15.0. The van der Waals surface area contributed by atoms with Crippen molar-refractivity contribution >= 4 is 44.4 Å². The van der Waals surface area contributed by atoms with Crippen molar-refractivity contribution < 1.29 is 4.79 Å². The monoisotopic (exact) mass is 347 g/mol. The number of aromatic nitrogens is 1. The normalized spacial score (nSPS) is 19.2. The third kappa shape index (κ3) is 2.94. The van der Waals surface area contributed by atoms with E-state index in [9.17, 15) is 4.79 Å². The number of thioether (sulfide) groups is 1. The Morgan fingerprint density at radius 2 is 2.04 bits per heavy atom. The van der Waals surface area contributed by atoms with Crippen LogP contribution >= 0.6 is 23.1 Å². The fourth-order valence-electron chi connectivity index (χ4n) is 3.19. The maximum Gasteiger partial charge on any atom is 0.225 e. The van der Waals surface area contributed by atoms with Gasteiger partial charge in [-0.1, -0.05) is 17.8 Å². The van der Waals surface area contributed by atoms with Crippen LogP contribution in [0.5, 0.6) is 0 Å². The number of amides is 1. The van der Waals surface area contributed by atoms with Crippen molar-refractivity contribution in [2.75, 3.05) is 37.3 Å². The van der Waals surface area contributed by atoms with Crippen molar-refractivity contribution in [3.63, 3.8) is 0 Å². The number of nitrogens with zero attached hydrogens (tertiary/aromatic N) is 3. The van der Waals surface area contributed by atoms with Gasteiger partial charge >= 0.3 is 0 Å². The van der Waals surface area contributed by atoms with E-state index in [4.69, 9.17) is 4.98 Å². The molecule has 1 aromatic heterocycles. The summed E-state index contributed by atoms with van der Waals surface area (Å²) in [5, 5.41) is 1.09. The Morgan fingerprint density at radius 3 is 2.70 bits per heavy atom. The second-order valence-electron chi connectivity index (χ2n) is 6.27. The highest BCUT2D eigenvalue weighted by Crippen LogP contribution is 2.33. The summed E-state index contributed by atoms with van der Waals surface area (Å²) in [6.07, 6.45) is 5.50. The summed E-state index contributed by atoms with van der Waals surface area (Å²) in [5.74, 6) is 0.693. The van der Waals surface area contributed by atoms with Gasteiger partial charge in [-0.25, -0.2) is 4.98 Å². The lowest BCUT2D eigenvalue weighted by Gasteiger charge is -2.38. The molecule has 1 saturated carbocycles. The van der Waals surface area contributed by atoms with Crippen molar-refractivity contribution in [3.8, 4) is 0 Å². The average molecular weight is 348 g/mol. The molecule has 1 amide bonds. The molecule has 4 nitrogen and oxygen atoms in total. The molecule has 4 rings (SSSR count). The maximum absolute atomic E-state index is 12.3. The summed E-state index contributed by atoms with van der Waals surface area (Å²) in [4.78, 5) is 22.8. The van der Waals surface area contributed by atoms with E-state index in [2.05, 4.69) is 34.3 Å². The van der Waals surface area contributed by atoms with Crippen LogP contribution in [0.25, 0.3) is 10.2 Å². The topological polar surface area (TPSA) is 36.4 Å². The zero-order valence-electron chi connectivity index (χ0n) is 13.3. The molecule has 122 valence electrons. The molecule has 2 heterocycles. The molecule has 6 heteroatoms. The van der Waals surface area contributed by atoms with Gasteiger partial charge in [0.1, 0.15) is 0 Å². The molecule has 0 spiro atoms. The Hall–Kier alpha value is -1.27. The highest BCUT2D eigenvalue weighted by atomic mass is 32.2. The molecular formula is C17H21N3OS2. The smallest absolute Gasteiger partial charge is 0.225 e. The van der Waals surface area contributed by atoms with Gasteiger partial charge in [0.05, 0.1) is 10.2 Å². The lowest BCUT2D eigenvalue weighted by molar-refractivity contribution is -0.138. The van der Waals surface area contributed by atoms with E-state index in [0.29, 0.717) is 11.8 Å². The van der Waals surface area contributed by atoms with E-state index in [0.717, 1.165) is 49.7 Å². The number of carbonyl (C=O) groups excluding carboxylic acids is 1.